The van der Waals surface area contributed by atoms with Crippen LogP contribution in [-0.4, -0.2) is 30.3 Å². The van der Waals surface area contributed by atoms with Gasteiger partial charge in [0.1, 0.15) is 5.56 Å². The smallest absolute Gasteiger partial charge is 0.285 e. The highest BCUT2D eigenvalue weighted by atomic mass is 19.3. The molecule has 1 rings (SSSR count). The molecule has 116 valence electrons. The highest BCUT2D eigenvalue weighted by molar-refractivity contribution is 5.99. The van der Waals surface area contributed by atoms with Crippen LogP contribution >= 0.6 is 0 Å². The van der Waals surface area contributed by atoms with Crippen molar-refractivity contribution in [1.29, 1.82) is 0 Å². The van der Waals surface area contributed by atoms with E-state index >= 15 is 0 Å². The first kappa shape index (κ1) is 16.7. The van der Waals surface area contributed by atoms with Crippen LogP contribution in [0.5, 0.6) is 0 Å². The van der Waals surface area contributed by atoms with Crippen molar-refractivity contribution in [1.82, 2.24) is 5.32 Å². The lowest BCUT2D eigenvalue weighted by Gasteiger charge is -2.10. The molecule has 0 atom stereocenters. The monoisotopic (exact) mass is 305 g/mol. The van der Waals surface area contributed by atoms with Gasteiger partial charge in [-0.1, -0.05) is 6.92 Å². The van der Waals surface area contributed by atoms with Gasteiger partial charge in [-0.2, -0.15) is 0 Å². The third-order valence-electron chi connectivity index (χ3n) is 2.51. The Hall–Kier alpha value is -2.32. The van der Waals surface area contributed by atoms with E-state index in [4.69, 9.17) is 0 Å². The number of benzene rings is 1. The molecule has 0 fully saturated rings. The van der Waals surface area contributed by atoms with Crippen LogP contribution in [0, 0.1) is 15.9 Å². The molecule has 21 heavy (non-hydrogen) atoms. The molecular formula is C12H14F3N3O3. The molecule has 9 heteroatoms. The van der Waals surface area contributed by atoms with Crippen LogP contribution in [0.2, 0.25) is 0 Å². The molecule has 6 nitrogen and oxygen atoms in total. The molecule has 0 radical (unpaired) electrons. The fourth-order valence-corrected chi connectivity index (χ4v) is 1.56. The molecule has 0 aliphatic rings. The standard InChI is InChI=1S/C12H14F3N3O3/c1-2-3-16-9-4-7(12(19)17-6-11(14)15)10(18(20)21)5-8(9)13/h4-5,11,16H,2-3,6H2,1H3,(H,17,19). The van der Waals surface area contributed by atoms with Crippen LogP contribution in [0.1, 0.15) is 23.7 Å². The van der Waals surface area contributed by atoms with Crippen LogP contribution in [-0.2, 0) is 0 Å². The number of nitrogens with one attached hydrogen (secondary N) is 2. The molecule has 0 saturated carbocycles. The van der Waals surface area contributed by atoms with Crippen LogP contribution in [0.4, 0.5) is 24.5 Å². The van der Waals surface area contributed by atoms with Crippen LogP contribution in [0.15, 0.2) is 12.1 Å². The zero-order valence-electron chi connectivity index (χ0n) is 11.2. The molecule has 0 unspecified atom stereocenters. The number of rotatable bonds is 7. The molecule has 1 amide bonds. The van der Waals surface area contributed by atoms with Gasteiger partial charge in [-0.3, -0.25) is 14.9 Å². The predicted molar refractivity (Wildman–Crippen MR) is 70.2 cm³/mol. The molecule has 1 aromatic rings. The molecule has 0 aliphatic heterocycles. The van der Waals surface area contributed by atoms with E-state index in [1.54, 1.807) is 0 Å². The summed E-state index contributed by atoms with van der Waals surface area (Å²) >= 11 is 0. The highest BCUT2D eigenvalue weighted by Crippen LogP contribution is 2.26. The second-order valence-electron chi connectivity index (χ2n) is 4.13. The summed E-state index contributed by atoms with van der Waals surface area (Å²) in [6, 6.07) is 1.54. The minimum Gasteiger partial charge on any atom is -0.383 e. The fraction of sp³-hybridized carbons (Fsp3) is 0.417. The SMILES string of the molecule is CCCNc1cc(C(=O)NCC(F)F)c([N+](=O)[O-])cc1F. The molecule has 0 bridgehead atoms. The zero-order valence-corrected chi connectivity index (χ0v) is 11.2. The number of amides is 1. The molecule has 0 spiro atoms. The second kappa shape index (κ2) is 7.46. The molecule has 1 aromatic carbocycles. The Kier molecular flexibility index (Phi) is 5.94. The van der Waals surface area contributed by atoms with E-state index < -0.39 is 40.9 Å². The van der Waals surface area contributed by atoms with Gasteiger partial charge in [0.05, 0.1) is 23.2 Å². The average molecular weight is 305 g/mol. The van der Waals surface area contributed by atoms with E-state index in [0.29, 0.717) is 19.0 Å². The number of alkyl halides is 2. The predicted octanol–water partition coefficient (Wildman–Crippen LogP) is 2.55. The Morgan fingerprint density at radius 3 is 2.62 bits per heavy atom. The van der Waals surface area contributed by atoms with Crippen molar-refractivity contribution in [3.8, 4) is 0 Å². The number of nitro groups is 1. The van der Waals surface area contributed by atoms with Crippen LogP contribution in [0.25, 0.3) is 0 Å². The minimum absolute atomic E-state index is 0.0929. The first-order valence-electron chi connectivity index (χ1n) is 6.15. The van der Waals surface area contributed by atoms with Crippen molar-refractivity contribution in [2.75, 3.05) is 18.4 Å². The van der Waals surface area contributed by atoms with Gasteiger partial charge in [0, 0.05) is 6.54 Å². The largest absolute Gasteiger partial charge is 0.383 e. The summed E-state index contributed by atoms with van der Waals surface area (Å²) in [5.41, 5.74) is -1.34. The van der Waals surface area contributed by atoms with Gasteiger partial charge in [0.25, 0.3) is 18.0 Å². The van der Waals surface area contributed by atoms with E-state index in [-0.39, 0.29) is 5.69 Å². The number of carbonyl (C=O) groups excluding carboxylic acids is 1. The number of nitro benzene ring substituents is 1. The van der Waals surface area contributed by atoms with Gasteiger partial charge in [-0.25, -0.2) is 13.2 Å². The van der Waals surface area contributed by atoms with Crippen molar-refractivity contribution >= 4 is 17.3 Å². The summed E-state index contributed by atoms with van der Waals surface area (Å²) in [7, 11) is 0. The van der Waals surface area contributed by atoms with E-state index in [2.05, 4.69) is 5.32 Å². The van der Waals surface area contributed by atoms with Gasteiger partial charge in [-0.05, 0) is 12.5 Å². The number of anilines is 1. The van der Waals surface area contributed by atoms with Gasteiger partial charge in [0.2, 0.25) is 0 Å². The quantitative estimate of drug-likeness (QED) is 0.599. The Labute approximate surface area is 118 Å². The van der Waals surface area contributed by atoms with Crippen molar-refractivity contribution in [3.63, 3.8) is 0 Å². The first-order valence-corrected chi connectivity index (χ1v) is 6.15. The highest BCUT2D eigenvalue weighted by Gasteiger charge is 2.24. The van der Waals surface area contributed by atoms with Crippen molar-refractivity contribution in [2.45, 2.75) is 19.8 Å². The maximum atomic E-state index is 13.7. The third-order valence-corrected chi connectivity index (χ3v) is 2.51. The normalized spacial score (nSPS) is 10.5. The second-order valence-corrected chi connectivity index (χ2v) is 4.13. The number of hydrogen-bond acceptors (Lipinski definition) is 4. The summed E-state index contributed by atoms with van der Waals surface area (Å²) < 4.78 is 37.8. The van der Waals surface area contributed by atoms with Crippen molar-refractivity contribution in [2.24, 2.45) is 0 Å². The van der Waals surface area contributed by atoms with Crippen LogP contribution < -0.4 is 10.6 Å². The maximum absolute atomic E-state index is 13.7. The van der Waals surface area contributed by atoms with E-state index in [0.717, 1.165) is 6.07 Å². The van der Waals surface area contributed by atoms with E-state index in [1.807, 2.05) is 12.2 Å². The lowest BCUT2D eigenvalue weighted by molar-refractivity contribution is -0.385. The van der Waals surface area contributed by atoms with Crippen LogP contribution in [0.3, 0.4) is 0 Å². The summed E-state index contributed by atoms with van der Waals surface area (Å²) in [5.74, 6) is -1.94. The average Bonchev–Trinajstić information content (AvgIpc) is 2.42. The molecule has 2 N–H and O–H groups in total. The molecule has 0 saturated heterocycles. The van der Waals surface area contributed by atoms with Gasteiger partial charge in [0.15, 0.2) is 5.82 Å². The van der Waals surface area contributed by atoms with E-state index in [9.17, 15) is 28.1 Å². The number of carbonyl (C=O) groups is 1. The minimum atomic E-state index is -2.79. The van der Waals surface area contributed by atoms with Crippen molar-refractivity contribution < 1.29 is 22.9 Å². The Morgan fingerprint density at radius 2 is 2.10 bits per heavy atom. The Morgan fingerprint density at radius 1 is 1.43 bits per heavy atom. The first-order chi connectivity index (χ1) is 9.86. The van der Waals surface area contributed by atoms with Gasteiger partial charge < -0.3 is 10.6 Å². The van der Waals surface area contributed by atoms with Gasteiger partial charge in [-0.15, -0.1) is 0 Å². The molecule has 0 heterocycles. The number of halogens is 3. The lowest BCUT2D eigenvalue weighted by Crippen LogP contribution is -2.29. The summed E-state index contributed by atoms with van der Waals surface area (Å²) in [6.45, 7) is 1.28. The zero-order chi connectivity index (χ0) is 16.0. The molecular weight excluding hydrogens is 291 g/mol. The fourth-order valence-electron chi connectivity index (χ4n) is 1.56. The summed E-state index contributed by atoms with van der Waals surface area (Å²) in [4.78, 5) is 21.6. The molecule has 0 aliphatic carbocycles. The van der Waals surface area contributed by atoms with Crippen molar-refractivity contribution in [3.05, 3.63) is 33.6 Å². The molecule has 0 aromatic heterocycles. The summed E-state index contributed by atoms with van der Waals surface area (Å²) in [6.07, 6.45) is -2.12. The Balaban J connectivity index is 3.13. The van der Waals surface area contributed by atoms with E-state index in [1.165, 1.54) is 0 Å². The third kappa shape index (κ3) is 4.62. The topological polar surface area (TPSA) is 84.3 Å². The lowest BCUT2D eigenvalue weighted by atomic mass is 10.1. The van der Waals surface area contributed by atoms with Gasteiger partial charge >= 0.3 is 0 Å². The number of hydrogen-bond donors (Lipinski definition) is 2. The number of nitrogens with zero attached hydrogens (tertiary/aromatic N) is 1. The Bertz CT molecular complexity index is 538. The summed E-state index contributed by atoms with van der Waals surface area (Å²) in [5, 5.41) is 15.3. The maximum Gasteiger partial charge on any atom is 0.285 e.